The first-order valence-corrected chi connectivity index (χ1v) is 12.4. The third-order valence-corrected chi connectivity index (χ3v) is 6.45. The van der Waals surface area contributed by atoms with E-state index >= 15 is 0 Å². The van der Waals surface area contributed by atoms with Gasteiger partial charge in [0.15, 0.2) is 5.65 Å². The standard InChI is InChI=1S/C28H33N7O/c1-33(2)16-6-7-17-34-18-8-9-22(19-34)35-28-25(27(29)30-20-31-28)26(32-35)21-12-14-24(15-13-21)36-23-10-4-3-5-11-23/h3-7,10-15,20,22H,8-9,16-19H2,1-2H3,(H2,29,30,31)/b7-6+. The number of fused-ring (bicyclic) bond motifs is 1. The summed E-state index contributed by atoms with van der Waals surface area (Å²) in [5.41, 5.74) is 8.90. The first-order valence-electron chi connectivity index (χ1n) is 12.4. The summed E-state index contributed by atoms with van der Waals surface area (Å²) in [6, 6.07) is 17.9. The zero-order valence-corrected chi connectivity index (χ0v) is 20.9. The van der Waals surface area contributed by atoms with Gasteiger partial charge in [-0.05, 0) is 69.9 Å². The van der Waals surface area contributed by atoms with E-state index in [-0.39, 0.29) is 6.04 Å². The highest BCUT2D eigenvalue weighted by Crippen LogP contribution is 2.34. The number of likely N-dealkylation sites (N-methyl/N-ethyl adjacent to an activating group) is 1. The summed E-state index contributed by atoms with van der Waals surface area (Å²) < 4.78 is 8.02. The van der Waals surface area contributed by atoms with E-state index in [9.17, 15) is 0 Å². The van der Waals surface area contributed by atoms with Crippen LogP contribution >= 0.6 is 0 Å². The van der Waals surface area contributed by atoms with Crippen LogP contribution in [0.1, 0.15) is 18.9 Å². The Kier molecular flexibility index (Phi) is 7.25. The van der Waals surface area contributed by atoms with Crippen molar-refractivity contribution in [3.8, 4) is 22.8 Å². The Bertz CT molecular complexity index is 1320. The number of ether oxygens (including phenoxy) is 1. The van der Waals surface area contributed by atoms with Crippen LogP contribution in [0.2, 0.25) is 0 Å². The summed E-state index contributed by atoms with van der Waals surface area (Å²) in [4.78, 5) is 13.5. The molecule has 0 radical (unpaired) electrons. The molecule has 0 aliphatic carbocycles. The van der Waals surface area contributed by atoms with Gasteiger partial charge < -0.3 is 15.4 Å². The van der Waals surface area contributed by atoms with Crippen LogP contribution in [-0.2, 0) is 0 Å². The molecule has 2 N–H and O–H groups in total. The Morgan fingerprint density at radius 2 is 1.81 bits per heavy atom. The number of hydrogen-bond acceptors (Lipinski definition) is 7. The molecule has 1 unspecified atom stereocenters. The lowest BCUT2D eigenvalue weighted by molar-refractivity contribution is 0.187. The quantitative estimate of drug-likeness (QED) is 0.366. The fourth-order valence-corrected chi connectivity index (χ4v) is 4.66. The van der Waals surface area contributed by atoms with Crippen molar-refractivity contribution in [1.82, 2.24) is 29.5 Å². The smallest absolute Gasteiger partial charge is 0.164 e. The average molecular weight is 484 g/mol. The first-order chi connectivity index (χ1) is 17.6. The van der Waals surface area contributed by atoms with E-state index < -0.39 is 0 Å². The number of nitrogens with zero attached hydrogens (tertiary/aromatic N) is 6. The number of para-hydroxylation sites is 1. The van der Waals surface area contributed by atoms with Gasteiger partial charge in [0.05, 0.1) is 11.4 Å². The molecule has 8 heteroatoms. The van der Waals surface area contributed by atoms with Crippen molar-refractivity contribution >= 4 is 16.9 Å². The number of nitrogen functional groups attached to an aromatic ring is 1. The molecule has 1 fully saturated rings. The molecule has 2 aromatic carbocycles. The zero-order valence-electron chi connectivity index (χ0n) is 20.9. The number of nitrogens with two attached hydrogens (primary N) is 1. The molecule has 2 aromatic heterocycles. The van der Waals surface area contributed by atoms with E-state index in [1.54, 1.807) is 0 Å². The van der Waals surface area contributed by atoms with Gasteiger partial charge in [-0.1, -0.05) is 30.4 Å². The van der Waals surface area contributed by atoms with Crippen molar-refractivity contribution in [3.05, 3.63) is 73.1 Å². The van der Waals surface area contributed by atoms with E-state index in [0.717, 1.165) is 72.8 Å². The number of aromatic nitrogens is 4. The molecule has 1 atom stereocenters. The number of rotatable bonds is 8. The SMILES string of the molecule is CN(C)C/C=C/CN1CCCC(n2nc(-c3ccc(Oc4ccccc4)cc3)c3c(N)ncnc32)C1. The van der Waals surface area contributed by atoms with Crippen molar-refractivity contribution in [3.63, 3.8) is 0 Å². The van der Waals surface area contributed by atoms with Gasteiger partial charge >= 0.3 is 0 Å². The van der Waals surface area contributed by atoms with Gasteiger partial charge in [-0.3, -0.25) is 4.90 Å². The Balaban J connectivity index is 1.40. The largest absolute Gasteiger partial charge is 0.457 e. The minimum Gasteiger partial charge on any atom is -0.457 e. The van der Waals surface area contributed by atoms with Crippen molar-refractivity contribution < 1.29 is 4.74 Å². The normalized spacial score (nSPS) is 16.8. The molecule has 0 spiro atoms. The van der Waals surface area contributed by atoms with Gasteiger partial charge in [0, 0.05) is 25.2 Å². The minimum absolute atomic E-state index is 0.229. The lowest BCUT2D eigenvalue weighted by Crippen LogP contribution is -2.37. The summed E-state index contributed by atoms with van der Waals surface area (Å²) in [5.74, 6) is 2.02. The maximum Gasteiger partial charge on any atom is 0.164 e. The van der Waals surface area contributed by atoms with E-state index in [1.165, 1.54) is 6.33 Å². The number of benzene rings is 2. The van der Waals surface area contributed by atoms with Crippen LogP contribution in [0.5, 0.6) is 11.5 Å². The molecule has 0 bridgehead atoms. The van der Waals surface area contributed by atoms with Crippen LogP contribution in [-0.4, -0.2) is 69.8 Å². The van der Waals surface area contributed by atoms with Gasteiger partial charge in [0.25, 0.3) is 0 Å². The third kappa shape index (κ3) is 5.40. The van der Waals surface area contributed by atoms with Crippen molar-refractivity contribution in [2.75, 3.05) is 46.0 Å². The van der Waals surface area contributed by atoms with Crippen molar-refractivity contribution in [2.45, 2.75) is 18.9 Å². The maximum atomic E-state index is 6.35. The maximum absolute atomic E-state index is 6.35. The second-order valence-electron chi connectivity index (χ2n) is 9.48. The molecular formula is C28H33N7O. The summed E-state index contributed by atoms with van der Waals surface area (Å²) in [5, 5.41) is 5.86. The minimum atomic E-state index is 0.229. The molecule has 1 aliphatic heterocycles. The van der Waals surface area contributed by atoms with Crippen LogP contribution in [0, 0.1) is 0 Å². The third-order valence-electron chi connectivity index (χ3n) is 6.45. The second-order valence-corrected chi connectivity index (χ2v) is 9.48. The number of piperidine rings is 1. The topological polar surface area (TPSA) is 85.3 Å². The molecule has 36 heavy (non-hydrogen) atoms. The monoisotopic (exact) mass is 483 g/mol. The van der Waals surface area contributed by atoms with Crippen LogP contribution < -0.4 is 10.5 Å². The van der Waals surface area contributed by atoms with E-state index in [0.29, 0.717) is 5.82 Å². The Hall–Kier alpha value is -3.75. The zero-order chi connectivity index (χ0) is 24.9. The highest BCUT2D eigenvalue weighted by Gasteiger charge is 2.26. The predicted molar refractivity (Wildman–Crippen MR) is 144 cm³/mol. The second kappa shape index (κ2) is 10.9. The van der Waals surface area contributed by atoms with E-state index in [2.05, 4.69) is 50.7 Å². The van der Waals surface area contributed by atoms with Gasteiger partial charge in [0.1, 0.15) is 29.3 Å². The molecule has 5 rings (SSSR count). The van der Waals surface area contributed by atoms with Crippen molar-refractivity contribution in [2.24, 2.45) is 0 Å². The fourth-order valence-electron chi connectivity index (χ4n) is 4.66. The molecular weight excluding hydrogens is 450 g/mol. The lowest BCUT2D eigenvalue weighted by atomic mass is 10.1. The highest BCUT2D eigenvalue weighted by molar-refractivity contribution is 5.98. The number of hydrogen-bond donors (Lipinski definition) is 1. The first kappa shape index (κ1) is 24.0. The van der Waals surface area contributed by atoms with E-state index in [4.69, 9.17) is 15.6 Å². The highest BCUT2D eigenvalue weighted by atomic mass is 16.5. The predicted octanol–water partition coefficient (Wildman–Crippen LogP) is 4.62. The number of likely N-dealkylation sites (tertiary alicyclic amines) is 1. The van der Waals surface area contributed by atoms with Crippen LogP contribution in [0.4, 0.5) is 5.82 Å². The molecule has 1 saturated heterocycles. The van der Waals surface area contributed by atoms with Crippen LogP contribution in [0.25, 0.3) is 22.3 Å². The Morgan fingerprint density at radius 1 is 1.03 bits per heavy atom. The molecule has 4 aromatic rings. The van der Waals surface area contributed by atoms with Gasteiger partial charge in [-0.25, -0.2) is 14.6 Å². The molecule has 0 amide bonds. The molecule has 8 nitrogen and oxygen atoms in total. The van der Waals surface area contributed by atoms with Crippen molar-refractivity contribution in [1.29, 1.82) is 0 Å². The van der Waals surface area contributed by atoms with Crippen LogP contribution in [0.15, 0.2) is 73.1 Å². The number of anilines is 1. The molecule has 186 valence electrons. The Labute approximate surface area is 212 Å². The lowest BCUT2D eigenvalue weighted by Gasteiger charge is -2.32. The summed E-state index contributed by atoms with van der Waals surface area (Å²) in [6.07, 6.45) is 8.19. The fraction of sp³-hybridized carbons (Fsp3) is 0.321. The van der Waals surface area contributed by atoms with E-state index in [1.807, 2.05) is 54.6 Å². The van der Waals surface area contributed by atoms with Gasteiger partial charge in [-0.2, -0.15) is 5.10 Å². The molecule has 3 heterocycles. The summed E-state index contributed by atoms with van der Waals surface area (Å²) >= 11 is 0. The molecule has 0 saturated carbocycles. The van der Waals surface area contributed by atoms with Gasteiger partial charge in [0.2, 0.25) is 0 Å². The van der Waals surface area contributed by atoms with Crippen LogP contribution in [0.3, 0.4) is 0 Å². The molecule has 1 aliphatic rings. The summed E-state index contributed by atoms with van der Waals surface area (Å²) in [6.45, 7) is 3.91. The Morgan fingerprint density at radius 3 is 2.58 bits per heavy atom. The average Bonchev–Trinajstić information content (AvgIpc) is 3.29. The summed E-state index contributed by atoms with van der Waals surface area (Å²) in [7, 11) is 4.16. The van der Waals surface area contributed by atoms with Gasteiger partial charge in [-0.15, -0.1) is 0 Å².